The lowest BCUT2D eigenvalue weighted by Gasteiger charge is -2.12. The SMILES string of the molecule is CCCCc1ccc(CNC2CCCC2)cc1. The Hall–Kier alpha value is -0.820. The van der Waals surface area contributed by atoms with Crippen LogP contribution in [0.3, 0.4) is 0 Å². The highest BCUT2D eigenvalue weighted by Gasteiger charge is 2.13. The first-order chi connectivity index (χ1) is 8.38. The van der Waals surface area contributed by atoms with E-state index < -0.39 is 0 Å². The van der Waals surface area contributed by atoms with E-state index in [1.807, 2.05) is 0 Å². The summed E-state index contributed by atoms with van der Waals surface area (Å²) in [5.74, 6) is 0. The lowest BCUT2D eigenvalue weighted by atomic mass is 10.1. The molecule has 1 nitrogen and oxygen atoms in total. The van der Waals surface area contributed by atoms with Gasteiger partial charge in [-0.3, -0.25) is 0 Å². The minimum absolute atomic E-state index is 0.773. The number of hydrogen-bond acceptors (Lipinski definition) is 1. The Labute approximate surface area is 106 Å². The Kier molecular flexibility index (Phi) is 5.06. The van der Waals surface area contributed by atoms with Crippen molar-refractivity contribution in [2.24, 2.45) is 0 Å². The zero-order chi connectivity index (χ0) is 11.9. The summed E-state index contributed by atoms with van der Waals surface area (Å²) >= 11 is 0. The zero-order valence-electron chi connectivity index (χ0n) is 11.0. The first-order valence-electron chi connectivity index (χ1n) is 7.19. The van der Waals surface area contributed by atoms with Crippen LogP contribution >= 0.6 is 0 Å². The maximum absolute atomic E-state index is 3.66. The van der Waals surface area contributed by atoms with Crippen LogP contribution in [0.4, 0.5) is 0 Å². The van der Waals surface area contributed by atoms with Gasteiger partial charge in [-0.05, 0) is 36.8 Å². The third-order valence-corrected chi connectivity index (χ3v) is 3.79. The van der Waals surface area contributed by atoms with Gasteiger partial charge in [0.1, 0.15) is 0 Å². The second kappa shape index (κ2) is 6.80. The summed E-state index contributed by atoms with van der Waals surface area (Å²) in [7, 11) is 0. The number of hydrogen-bond donors (Lipinski definition) is 1. The molecule has 1 saturated carbocycles. The predicted molar refractivity (Wildman–Crippen MR) is 74.1 cm³/mol. The Bertz CT molecular complexity index is 309. The summed E-state index contributed by atoms with van der Waals surface area (Å²) in [5.41, 5.74) is 2.91. The lowest BCUT2D eigenvalue weighted by molar-refractivity contribution is 0.524. The van der Waals surface area contributed by atoms with Gasteiger partial charge in [0, 0.05) is 12.6 Å². The third-order valence-electron chi connectivity index (χ3n) is 3.79. The maximum atomic E-state index is 3.66. The van der Waals surface area contributed by atoms with Gasteiger partial charge >= 0.3 is 0 Å². The van der Waals surface area contributed by atoms with E-state index in [0.717, 1.165) is 12.6 Å². The van der Waals surface area contributed by atoms with Gasteiger partial charge in [-0.25, -0.2) is 0 Å². The summed E-state index contributed by atoms with van der Waals surface area (Å²) in [6, 6.07) is 9.93. The minimum Gasteiger partial charge on any atom is -0.310 e. The molecule has 1 aromatic carbocycles. The number of benzene rings is 1. The van der Waals surface area contributed by atoms with Crippen molar-refractivity contribution in [3.8, 4) is 0 Å². The van der Waals surface area contributed by atoms with Crippen molar-refractivity contribution in [2.75, 3.05) is 0 Å². The molecule has 0 aliphatic heterocycles. The topological polar surface area (TPSA) is 12.0 Å². The molecule has 0 heterocycles. The van der Waals surface area contributed by atoms with E-state index in [2.05, 4.69) is 36.5 Å². The standard InChI is InChI=1S/C16H25N/c1-2-3-6-14-9-11-15(12-10-14)13-17-16-7-4-5-8-16/h9-12,16-17H,2-8,13H2,1H3. The first-order valence-corrected chi connectivity index (χ1v) is 7.19. The van der Waals surface area contributed by atoms with Crippen molar-refractivity contribution in [2.45, 2.75) is 64.5 Å². The highest BCUT2D eigenvalue weighted by molar-refractivity contribution is 5.22. The Morgan fingerprint density at radius 1 is 1.06 bits per heavy atom. The van der Waals surface area contributed by atoms with Gasteiger partial charge in [0.05, 0.1) is 0 Å². The van der Waals surface area contributed by atoms with Gasteiger partial charge < -0.3 is 5.32 Å². The molecule has 0 atom stereocenters. The molecule has 0 amide bonds. The van der Waals surface area contributed by atoms with Crippen molar-refractivity contribution >= 4 is 0 Å². The first kappa shape index (κ1) is 12.6. The van der Waals surface area contributed by atoms with Crippen LogP contribution in [-0.2, 0) is 13.0 Å². The molecule has 0 saturated heterocycles. The summed E-state index contributed by atoms with van der Waals surface area (Å²) in [5, 5.41) is 3.66. The molecule has 17 heavy (non-hydrogen) atoms. The average Bonchev–Trinajstić information content (AvgIpc) is 2.88. The van der Waals surface area contributed by atoms with Gasteiger partial charge in [0.25, 0.3) is 0 Å². The fourth-order valence-electron chi connectivity index (χ4n) is 2.60. The third kappa shape index (κ3) is 4.16. The average molecular weight is 231 g/mol. The summed E-state index contributed by atoms with van der Waals surface area (Å²) in [6.45, 7) is 3.29. The second-order valence-corrected chi connectivity index (χ2v) is 5.28. The molecule has 2 rings (SSSR count). The van der Waals surface area contributed by atoms with Gasteiger partial charge in [-0.15, -0.1) is 0 Å². The van der Waals surface area contributed by atoms with Gasteiger partial charge in [0.15, 0.2) is 0 Å². The molecule has 0 spiro atoms. The Balaban J connectivity index is 1.76. The van der Waals surface area contributed by atoms with Crippen molar-refractivity contribution in [3.05, 3.63) is 35.4 Å². The molecule has 94 valence electrons. The van der Waals surface area contributed by atoms with Crippen LogP contribution in [0.5, 0.6) is 0 Å². The van der Waals surface area contributed by atoms with Crippen LogP contribution in [-0.4, -0.2) is 6.04 Å². The molecule has 1 fully saturated rings. The van der Waals surface area contributed by atoms with Gasteiger partial charge in [-0.2, -0.15) is 0 Å². The minimum atomic E-state index is 0.773. The largest absolute Gasteiger partial charge is 0.310 e. The van der Waals surface area contributed by atoms with E-state index in [9.17, 15) is 0 Å². The van der Waals surface area contributed by atoms with E-state index in [1.54, 1.807) is 0 Å². The molecule has 1 N–H and O–H groups in total. The maximum Gasteiger partial charge on any atom is 0.0208 e. The Morgan fingerprint density at radius 3 is 2.35 bits per heavy atom. The van der Waals surface area contributed by atoms with Crippen molar-refractivity contribution in [1.29, 1.82) is 0 Å². The van der Waals surface area contributed by atoms with Crippen LogP contribution in [0.1, 0.15) is 56.6 Å². The summed E-state index contributed by atoms with van der Waals surface area (Å²) < 4.78 is 0. The van der Waals surface area contributed by atoms with Gasteiger partial charge in [0.2, 0.25) is 0 Å². The molecule has 0 radical (unpaired) electrons. The molecule has 1 aliphatic rings. The predicted octanol–water partition coefficient (Wildman–Crippen LogP) is 4.06. The molecule has 1 aromatic rings. The summed E-state index contributed by atoms with van der Waals surface area (Å²) in [4.78, 5) is 0. The molecule has 0 bridgehead atoms. The van der Waals surface area contributed by atoms with Gasteiger partial charge in [-0.1, -0.05) is 50.5 Å². The van der Waals surface area contributed by atoms with Crippen LogP contribution in [0.15, 0.2) is 24.3 Å². The normalized spacial score (nSPS) is 16.5. The molecule has 0 aromatic heterocycles. The molecule has 1 aliphatic carbocycles. The lowest BCUT2D eigenvalue weighted by Crippen LogP contribution is -2.25. The second-order valence-electron chi connectivity index (χ2n) is 5.28. The quantitative estimate of drug-likeness (QED) is 0.778. The highest BCUT2D eigenvalue weighted by atomic mass is 14.9. The molecular weight excluding hydrogens is 206 g/mol. The van der Waals surface area contributed by atoms with Crippen molar-refractivity contribution < 1.29 is 0 Å². The number of aryl methyl sites for hydroxylation is 1. The van der Waals surface area contributed by atoms with Crippen LogP contribution in [0, 0.1) is 0 Å². The van der Waals surface area contributed by atoms with Crippen molar-refractivity contribution in [1.82, 2.24) is 5.32 Å². The monoisotopic (exact) mass is 231 g/mol. The van der Waals surface area contributed by atoms with Crippen LogP contribution in [0.2, 0.25) is 0 Å². The molecule has 1 heteroatoms. The van der Waals surface area contributed by atoms with E-state index in [1.165, 1.54) is 56.1 Å². The van der Waals surface area contributed by atoms with Crippen LogP contribution < -0.4 is 5.32 Å². The number of unbranched alkanes of at least 4 members (excludes halogenated alkanes) is 1. The fourth-order valence-corrected chi connectivity index (χ4v) is 2.60. The number of nitrogens with one attached hydrogen (secondary N) is 1. The van der Waals surface area contributed by atoms with E-state index in [0.29, 0.717) is 0 Å². The molecule has 0 unspecified atom stereocenters. The number of rotatable bonds is 6. The Morgan fingerprint density at radius 2 is 1.71 bits per heavy atom. The van der Waals surface area contributed by atoms with Crippen LogP contribution in [0.25, 0.3) is 0 Å². The zero-order valence-corrected chi connectivity index (χ0v) is 11.0. The van der Waals surface area contributed by atoms with E-state index in [-0.39, 0.29) is 0 Å². The summed E-state index contributed by atoms with van der Waals surface area (Å²) in [6.07, 6.45) is 9.38. The van der Waals surface area contributed by atoms with E-state index >= 15 is 0 Å². The highest BCUT2D eigenvalue weighted by Crippen LogP contribution is 2.18. The molecular formula is C16H25N. The van der Waals surface area contributed by atoms with Crippen molar-refractivity contribution in [3.63, 3.8) is 0 Å². The smallest absolute Gasteiger partial charge is 0.0208 e. The fraction of sp³-hybridized carbons (Fsp3) is 0.625. The van der Waals surface area contributed by atoms with E-state index in [4.69, 9.17) is 0 Å².